The molecule has 5 heteroatoms. The van der Waals surface area contributed by atoms with Crippen LogP contribution in [0.5, 0.6) is 0 Å². The van der Waals surface area contributed by atoms with Crippen LogP contribution in [0.4, 0.5) is 0 Å². The third kappa shape index (κ3) is 3.93. The Morgan fingerprint density at radius 3 is 2.89 bits per heavy atom. The normalized spacial score (nSPS) is 28.3. The monoisotopic (exact) mass is 267 g/mol. The van der Waals surface area contributed by atoms with Crippen LogP contribution in [0.25, 0.3) is 0 Å². The summed E-state index contributed by atoms with van der Waals surface area (Å²) in [5, 5.41) is 3.06. The van der Waals surface area contributed by atoms with Gasteiger partial charge in [-0.25, -0.2) is 0 Å². The lowest BCUT2D eigenvalue weighted by molar-refractivity contribution is -0.135. The number of hydrogen-bond donors (Lipinski definition) is 2. The van der Waals surface area contributed by atoms with Gasteiger partial charge < -0.3 is 16.0 Å². The topological polar surface area (TPSA) is 75.4 Å². The molecule has 0 aromatic carbocycles. The zero-order chi connectivity index (χ0) is 13.7. The van der Waals surface area contributed by atoms with Crippen LogP contribution in [-0.2, 0) is 9.59 Å². The van der Waals surface area contributed by atoms with E-state index in [1.54, 1.807) is 4.90 Å². The molecule has 3 N–H and O–H groups in total. The Morgan fingerprint density at radius 1 is 1.26 bits per heavy atom. The van der Waals surface area contributed by atoms with Crippen LogP contribution in [0.1, 0.15) is 44.9 Å². The predicted molar refractivity (Wildman–Crippen MR) is 73.4 cm³/mol. The largest absolute Gasteiger partial charge is 0.352 e. The number of likely N-dealkylation sites (tertiary alicyclic amines) is 1. The fourth-order valence-electron chi connectivity index (χ4n) is 3.14. The van der Waals surface area contributed by atoms with E-state index >= 15 is 0 Å². The molecule has 1 heterocycles. The van der Waals surface area contributed by atoms with E-state index in [9.17, 15) is 9.59 Å². The van der Waals surface area contributed by atoms with E-state index in [1.807, 2.05) is 0 Å². The number of hydrogen-bond acceptors (Lipinski definition) is 3. The first-order valence-corrected chi connectivity index (χ1v) is 7.48. The van der Waals surface area contributed by atoms with Crippen molar-refractivity contribution in [3.05, 3.63) is 0 Å². The first kappa shape index (κ1) is 14.3. The number of amides is 2. The average molecular weight is 267 g/mol. The van der Waals surface area contributed by atoms with Crippen molar-refractivity contribution in [1.82, 2.24) is 10.2 Å². The molecule has 2 fully saturated rings. The van der Waals surface area contributed by atoms with Crippen molar-refractivity contribution in [2.45, 2.75) is 51.0 Å². The van der Waals surface area contributed by atoms with Crippen LogP contribution in [-0.4, -0.2) is 42.4 Å². The van der Waals surface area contributed by atoms with Gasteiger partial charge in [0.15, 0.2) is 0 Å². The van der Waals surface area contributed by atoms with Crippen LogP contribution >= 0.6 is 0 Å². The Labute approximate surface area is 114 Å². The Kier molecular flexibility index (Phi) is 5.19. The minimum atomic E-state index is -0.0272. The molecule has 19 heavy (non-hydrogen) atoms. The molecule has 2 amide bonds. The molecule has 108 valence electrons. The highest BCUT2D eigenvalue weighted by Crippen LogP contribution is 2.24. The van der Waals surface area contributed by atoms with Crippen LogP contribution in [0.2, 0.25) is 0 Å². The first-order valence-electron chi connectivity index (χ1n) is 7.48. The highest BCUT2D eigenvalue weighted by molar-refractivity contribution is 5.85. The van der Waals surface area contributed by atoms with Gasteiger partial charge in [-0.05, 0) is 38.1 Å². The first-order chi connectivity index (χ1) is 9.20. The Bertz CT molecular complexity index is 333. The van der Waals surface area contributed by atoms with Gasteiger partial charge in [-0.2, -0.15) is 0 Å². The van der Waals surface area contributed by atoms with Crippen molar-refractivity contribution in [2.75, 3.05) is 19.6 Å². The van der Waals surface area contributed by atoms with Gasteiger partial charge in [0.25, 0.3) is 0 Å². The lowest BCUT2D eigenvalue weighted by Gasteiger charge is -2.23. The van der Waals surface area contributed by atoms with Gasteiger partial charge >= 0.3 is 0 Å². The summed E-state index contributed by atoms with van der Waals surface area (Å²) in [7, 11) is 0. The summed E-state index contributed by atoms with van der Waals surface area (Å²) >= 11 is 0. The maximum absolute atomic E-state index is 12.0. The van der Waals surface area contributed by atoms with Gasteiger partial charge in [0.1, 0.15) is 0 Å². The minimum Gasteiger partial charge on any atom is -0.352 e. The van der Waals surface area contributed by atoms with E-state index in [-0.39, 0.29) is 24.4 Å². The molecule has 2 aliphatic rings. The lowest BCUT2D eigenvalue weighted by Crippen LogP contribution is -2.46. The van der Waals surface area contributed by atoms with Crippen molar-refractivity contribution in [3.8, 4) is 0 Å². The van der Waals surface area contributed by atoms with Gasteiger partial charge in [-0.1, -0.05) is 12.8 Å². The average Bonchev–Trinajstić information content (AvgIpc) is 2.74. The van der Waals surface area contributed by atoms with Crippen molar-refractivity contribution < 1.29 is 9.59 Å². The summed E-state index contributed by atoms with van der Waals surface area (Å²) in [6, 6.07) is 0.208. The molecule has 1 aliphatic carbocycles. The maximum Gasteiger partial charge on any atom is 0.239 e. The molecule has 2 atom stereocenters. The number of carbonyl (C=O) groups excluding carboxylic acids is 2. The summed E-state index contributed by atoms with van der Waals surface area (Å²) in [4.78, 5) is 25.6. The quantitative estimate of drug-likeness (QED) is 0.784. The predicted octanol–water partition coefficient (Wildman–Crippen LogP) is 0.633. The third-order valence-corrected chi connectivity index (χ3v) is 4.31. The lowest BCUT2D eigenvalue weighted by atomic mass is 10.0. The second-order valence-electron chi connectivity index (χ2n) is 5.73. The minimum absolute atomic E-state index is 0.0272. The molecule has 1 saturated carbocycles. The summed E-state index contributed by atoms with van der Waals surface area (Å²) < 4.78 is 0. The summed E-state index contributed by atoms with van der Waals surface area (Å²) in [5.74, 6) is 0.499. The molecule has 0 bridgehead atoms. The van der Waals surface area contributed by atoms with Crippen LogP contribution < -0.4 is 11.1 Å². The fraction of sp³-hybridized carbons (Fsp3) is 0.857. The molecule has 1 saturated heterocycles. The van der Waals surface area contributed by atoms with Crippen molar-refractivity contribution in [1.29, 1.82) is 0 Å². The van der Waals surface area contributed by atoms with Gasteiger partial charge in [0.05, 0.1) is 6.54 Å². The van der Waals surface area contributed by atoms with Crippen LogP contribution in [0.15, 0.2) is 0 Å². The molecular weight excluding hydrogens is 242 g/mol. The fourth-order valence-corrected chi connectivity index (χ4v) is 3.14. The molecule has 5 nitrogen and oxygen atoms in total. The Hall–Kier alpha value is -1.10. The SMILES string of the molecule is NCC1CCCC1NC(=O)CN1CCCCCC1=O. The van der Waals surface area contributed by atoms with E-state index in [0.717, 1.165) is 45.1 Å². The molecular formula is C14H25N3O2. The van der Waals surface area contributed by atoms with Crippen LogP contribution in [0, 0.1) is 5.92 Å². The number of nitrogens with one attached hydrogen (secondary N) is 1. The number of rotatable bonds is 4. The van der Waals surface area contributed by atoms with Gasteiger partial charge in [-0.15, -0.1) is 0 Å². The zero-order valence-corrected chi connectivity index (χ0v) is 11.6. The second kappa shape index (κ2) is 6.89. The van der Waals surface area contributed by atoms with Crippen molar-refractivity contribution in [3.63, 3.8) is 0 Å². The van der Waals surface area contributed by atoms with E-state index in [1.165, 1.54) is 0 Å². The summed E-state index contributed by atoms with van der Waals surface area (Å²) in [5.41, 5.74) is 5.71. The highest BCUT2D eigenvalue weighted by Gasteiger charge is 2.28. The number of nitrogens with two attached hydrogens (primary N) is 1. The highest BCUT2D eigenvalue weighted by atomic mass is 16.2. The van der Waals surface area contributed by atoms with Crippen molar-refractivity contribution in [2.24, 2.45) is 11.7 Å². The molecule has 1 aliphatic heterocycles. The van der Waals surface area contributed by atoms with E-state index in [0.29, 0.717) is 18.9 Å². The Morgan fingerprint density at radius 2 is 2.11 bits per heavy atom. The smallest absolute Gasteiger partial charge is 0.239 e. The number of nitrogens with zero attached hydrogens (tertiary/aromatic N) is 1. The van der Waals surface area contributed by atoms with E-state index in [4.69, 9.17) is 5.73 Å². The number of carbonyl (C=O) groups is 2. The van der Waals surface area contributed by atoms with Gasteiger partial charge in [0, 0.05) is 19.0 Å². The maximum atomic E-state index is 12.0. The molecule has 0 aromatic rings. The standard InChI is InChI=1S/C14H25N3O2/c15-9-11-5-4-6-12(11)16-13(18)10-17-8-3-1-2-7-14(17)19/h11-12H,1-10,15H2,(H,16,18). The molecule has 2 unspecified atom stereocenters. The van der Waals surface area contributed by atoms with Crippen LogP contribution in [0.3, 0.4) is 0 Å². The molecule has 0 aromatic heterocycles. The van der Waals surface area contributed by atoms with E-state index in [2.05, 4.69) is 5.32 Å². The second-order valence-corrected chi connectivity index (χ2v) is 5.73. The molecule has 2 rings (SSSR count). The zero-order valence-electron chi connectivity index (χ0n) is 11.6. The molecule has 0 radical (unpaired) electrons. The summed E-state index contributed by atoms with van der Waals surface area (Å²) in [6.07, 6.45) is 6.88. The molecule has 0 spiro atoms. The third-order valence-electron chi connectivity index (χ3n) is 4.31. The van der Waals surface area contributed by atoms with Crippen molar-refractivity contribution >= 4 is 11.8 Å². The van der Waals surface area contributed by atoms with Gasteiger partial charge in [-0.3, -0.25) is 9.59 Å². The summed E-state index contributed by atoms with van der Waals surface area (Å²) in [6.45, 7) is 1.57. The Balaban J connectivity index is 1.81. The van der Waals surface area contributed by atoms with Gasteiger partial charge in [0.2, 0.25) is 11.8 Å². The van der Waals surface area contributed by atoms with E-state index < -0.39 is 0 Å².